The normalized spacial score (nSPS) is 37.6. The largest absolute Gasteiger partial charge is 0.443 e. The molecule has 152 valence electrons. The first-order chi connectivity index (χ1) is 13.1. The van der Waals surface area contributed by atoms with Gasteiger partial charge in [0, 0.05) is 42.7 Å². The first kappa shape index (κ1) is 19.2. The standard InChI is InChI=1S/C21H28N2O5/c1-11-15-9-21(3)12(2)18(28-20(27)23-6-5-14(24)10-23)17(25)8-13(21)7-16(15)22(4)19(11)26/h7-8,12,14,17-18,24-25H,5-6,9-10H2,1-4H3. The number of amides is 2. The molecule has 0 aromatic rings. The van der Waals surface area contributed by atoms with Crippen LogP contribution in [0.15, 0.2) is 34.6 Å². The number of likely N-dealkylation sites (N-methyl/N-ethyl adjacent to an activating group) is 1. The highest BCUT2D eigenvalue weighted by Crippen LogP contribution is 2.54. The number of fused-ring (bicyclic) bond motifs is 2. The Morgan fingerprint density at radius 1 is 1.36 bits per heavy atom. The van der Waals surface area contributed by atoms with Gasteiger partial charge in [-0.05, 0) is 43.1 Å². The van der Waals surface area contributed by atoms with Crippen LogP contribution >= 0.6 is 0 Å². The maximum Gasteiger partial charge on any atom is 0.410 e. The van der Waals surface area contributed by atoms with Gasteiger partial charge in [0.1, 0.15) is 12.2 Å². The van der Waals surface area contributed by atoms with Crippen molar-refractivity contribution >= 4 is 12.0 Å². The van der Waals surface area contributed by atoms with Crippen LogP contribution in [0.1, 0.15) is 33.6 Å². The summed E-state index contributed by atoms with van der Waals surface area (Å²) >= 11 is 0. The maximum atomic E-state index is 12.5. The van der Waals surface area contributed by atoms with Crippen LogP contribution in [-0.4, -0.2) is 70.5 Å². The Labute approximate surface area is 164 Å². The van der Waals surface area contributed by atoms with E-state index < -0.39 is 24.4 Å². The molecule has 0 aromatic heterocycles. The Morgan fingerprint density at radius 2 is 2.07 bits per heavy atom. The summed E-state index contributed by atoms with van der Waals surface area (Å²) in [7, 11) is 1.77. The van der Waals surface area contributed by atoms with Crippen molar-refractivity contribution in [3.63, 3.8) is 0 Å². The van der Waals surface area contributed by atoms with Gasteiger partial charge in [-0.15, -0.1) is 0 Å². The van der Waals surface area contributed by atoms with Crippen molar-refractivity contribution in [2.75, 3.05) is 20.1 Å². The van der Waals surface area contributed by atoms with Crippen LogP contribution < -0.4 is 0 Å². The Kier molecular flexibility index (Phi) is 4.43. The van der Waals surface area contributed by atoms with Crippen molar-refractivity contribution in [3.05, 3.63) is 34.6 Å². The van der Waals surface area contributed by atoms with Crippen molar-refractivity contribution in [2.24, 2.45) is 11.3 Å². The van der Waals surface area contributed by atoms with E-state index in [-0.39, 0.29) is 23.8 Å². The summed E-state index contributed by atoms with van der Waals surface area (Å²) in [4.78, 5) is 28.0. The summed E-state index contributed by atoms with van der Waals surface area (Å²) in [6.07, 6.45) is 2.35. The number of aliphatic hydroxyl groups is 2. The van der Waals surface area contributed by atoms with Gasteiger partial charge in [-0.25, -0.2) is 4.79 Å². The third kappa shape index (κ3) is 2.71. The van der Waals surface area contributed by atoms with E-state index in [1.54, 1.807) is 18.0 Å². The molecule has 2 N–H and O–H groups in total. The van der Waals surface area contributed by atoms with Crippen LogP contribution in [0.25, 0.3) is 0 Å². The fourth-order valence-electron chi connectivity index (χ4n) is 4.94. The average Bonchev–Trinajstić information content (AvgIpc) is 3.17. The van der Waals surface area contributed by atoms with E-state index in [4.69, 9.17) is 4.74 Å². The average molecular weight is 388 g/mol. The van der Waals surface area contributed by atoms with Crippen molar-refractivity contribution < 1.29 is 24.5 Å². The Hall–Kier alpha value is -2.12. The van der Waals surface area contributed by atoms with E-state index in [1.165, 1.54) is 4.90 Å². The monoisotopic (exact) mass is 388 g/mol. The van der Waals surface area contributed by atoms with Crippen LogP contribution in [0.5, 0.6) is 0 Å². The fraction of sp³-hybridized carbons (Fsp3) is 0.619. The molecule has 2 heterocycles. The zero-order valence-corrected chi connectivity index (χ0v) is 16.8. The lowest BCUT2D eigenvalue weighted by molar-refractivity contribution is -0.123. The molecular weight excluding hydrogens is 360 g/mol. The van der Waals surface area contributed by atoms with Crippen molar-refractivity contribution in [1.29, 1.82) is 0 Å². The smallest absolute Gasteiger partial charge is 0.410 e. The topological polar surface area (TPSA) is 90.3 Å². The second kappa shape index (κ2) is 6.46. The summed E-state index contributed by atoms with van der Waals surface area (Å²) in [6.45, 7) is 6.67. The van der Waals surface area contributed by atoms with Gasteiger partial charge in [-0.1, -0.05) is 13.8 Å². The number of hydrogen-bond donors (Lipinski definition) is 2. The molecule has 5 atom stereocenters. The molecule has 0 spiro atoms. The van der Waals surface area contributed by atoms with E-state index >= 15 is 0 Å². The lowest BCUT2D eigenvalue weighted by Gasteiger charge is -2.48. The molecule has 2 aliphatic heterocycles. The predicted octanol–water partition coefficient (Wildman–Crippen LogP) is 1.58. The molecule has 7 heteroatoms. The first-order valence-electron chi connectivity index (χ1n) is 9.87. The number of aliphatic hydroxyl groups excluding tert-OH is 2. The maximum absolute atomic E-state index is 12.5. The molecule has 5 unspecified atom stereocenters. The Balaban J connectivity index is 1.63. The highest BCUT2D eigenvalue weighted by molar-refractivity contribution is 6.00. The second-order valence-electron chi connectivity index (χ2n) is 8.73. The molecule has 4 rings (SSSR count). The van der Waals surface area contributed by atoms with Gasteiger partial charge in [-0.2, -0.15) is 0 Å². The summed E-state index contributed by atoms with van der Waals surface area (Å²) in [5, 5.41) is 20.4. The SMILES string of the molecule is CC1=C2CC3(C)C(=CC(O)C(OC(=O)N4CCC(O)C4)C3C)C=C2N(C)C1=O. The van der Waals surface area contributed by atoms with Gasteiger partial charge in [-0.3, -0.25) is 4.79 Å². The van der Waals surface area contributed by atoms with Crippen molar-refractivity contribution in [3.8, 4) is 0 Å². The second-order valence-corrected chi connectivity index (χ2v) is 8.73. The van der Waals surface area contributed by atoms with E-state index in [0.717, 1.165) is 22.4 Å². The lowest BCUT2D eigenvalue weighted by Crippen LogP contribution is -2.50. The number of likely N-dealkylation sites (tertiary alicyclic amines) is 1. The highest BCUT2D eigenvalue weighted by atomic mass is 16.6. The molecule has 28 heavy (non-hydrogen) atoms. The Bertz CT molecular complexity index is 829. The number of ether oxygens (including phenoxy) is 1. The molecule has 1 fully saturated rings. The minimum absolute atomic E-state index is 0.00728. The fourth-order valence-corrected chi connectivity index (χ4v) is 4.94. The molecule has 7 nitrogen and oxygen atoms in total. The Morgan fingerprint density at radius 3 is 2.71 bits per heavy atom. The highest BCUT2D eigenvalue weighted by Gasteiger charge is 2.51. The van der Waals surface area contributed by atoms with Gasteiger partial charge >= 0.3 is 6.09 Å². The molecule has 1 saturated heterocycles. The summed E-state index contributed by atoms with van der Waals surface area (Å²) in [6, 6.07) is 0. The molecule has 2 amide bonds. The van der Waals surface area contributed by atoms with Crippen LogP contribution in [-0.2, 0) is 9.53 Å². The van der Waals surface area contributed by atoms with Crippen molar-refractivity contribution in [1.82, 2.24) is 9.80 Å². The zero-order valence-electron chi connectivity index (χ0n) is 16.8. The molecular formula is C21H28N2O5. The molecule has 0 bridgehead atoms. The van der Waals surface area contributed by atoms with E-state index in [2.05, 4.69) is 6.92 Å². The summed E-state index contributed by atoms with van der Waals surface area (Å²) < 4.78 is 5.71. The third-order valence-electron chi connectivity index (χ3n) is 7.09. The van der Waals surface area contributed by atoms with E-state index in [0.29, 0.717) is 19.4 Å². The summed E-state index contributed by atoms with van der Waals surface area (Å²) in [5.41, 5.74) is 3.31. The minimum atomic E-state index is -0.916. The van der Waals surface area contributed by atoms with Gasteiger partial charge in [0.15, 0.2) is 0 Å². The van der Waals surface area contributed by atoms with E-state index in [9.17, 15) is 19.8 Å². The number of nitrogens with zero attached hydrogens (tertiary/aromatic N) is 2. The van der Waals surface area contributed by atoms with Gasteiger partial charge in [0.05, 0.1) is 6.10 Å². The number of carbonyl (C=O) groups is 2. The number of hydrogen-bond acceptors (Lipinski definition) is 5. The molecule has 0 aromatic carbocycles. The third-order valence-corrected chi connectivity index (χ3v) is 7.09. The van der Waals surface area contributed by atoms with Gasteiger partial charge in [0.2, 0.25) is 0 Å². The van der Waals surface area contributed by atoms with Gasteiger partial charge in [0.25, 0.3) is 5.91 Å². The van der Waals surface area contributed by atoms with E-state index in [1.807, 2.05) is 19.9 Å². The van der Waals surface area contributed by atoms with Crippen LogP contribution in [0, 0.1) is 11.3 Å². The van der Waals surface area contributed by atoms with Crippen LogP contribution in [0.4, 0.5) is 4.79 Å². The molecule has 2 aliphatic carbocycles. The number of allylic oxidation sites excluding steroid dienone is 3. The number of carbonyl (C=O) groups excluding carboxylic acids is 2. The number of rotatable bonds is 1. The summed E-state index contributed by atoms with van der Waals surface area (Å²) in [5.74, 6) is -0.133. The minimum Gasteiger partial charge on any atom is -0.443 e. The number of β-amino-alcohol motifs (C(OH)–C–C–N with tert-alkyl or cyclic N) is 1. The first-order valence-corrected chi connectivity index (χ1v) is 9.87. The quantitative estimate of drug-likeness (QED) is 0.712. The molecule has 4 aliphatic rings. The lowest BCUT2D eigenvalue weighted by atomic mass is 9.59. The van der Waals surface area contributed by atoms with Crippen molar-refractivity contribution in [2.45, 2.75) is 51.9 Å². The van der Waals surface area contributed by atoms with Crippen LogP contribution in [0.3, 0.4) is 0 Å². The van der Waals surface area contributed by atoms with Gasteiger partial charge < -0.3 is 24.7 Å². The molecule has 0 radical (unpaired) electrons. The zero-order chi connectivity index (χ0) is 20.4. The predicted molar refractivity (Wildman–Crippen MR) is 102 cm³/mol. The molecule has 0 saturated carbocycles. The van der Waals surface area contributed by atoms with Crippen LogP contribution in [0.2, 0.25) is 0 Å².